The molecule has 0 aromatic heterocycles. The first-order valence-electron chi connectivity index (χ1n) is 7.00. The van der Waals surface area contributed by atoms with Crippen LogP contribution in [0.25, 0.3) is 0 Å². The van der Waals surface area contributed by atoms with Gasteiger partial charge in [0.1, 0.15) is 17.8 Å². The molecule has 0 saturated carbocycles. The van der Waals surface area contributed by atoms with Gasteiger partial charge < -0.3 is 4.74 Å². The lowest BCUT2D eigenvalue weighted by atomic mass is 9.88. The van der Waals surface area contributed by atoms with Crippen LogP contribution in [0, 0.1) is 24.1 Å². The molecule has 0 spiro atoms. The fraction of sp³-hybridized carbons (Fsp3) is 0.222. The van der Waals surface area contributed by atoms with E-state index in [2.05, 4.69) is 0 Å². The average molecular weight is 297 g/mol. The molecule has 2 aromatic carbocycles. The molecular weight excluding hydrogens is 281 g/mol. The topological polar surface area (TPSA) is 50.1 Å². The van der Waals surface area contributed by atoms with Crippen LogP contribution in [0.1, 0.15) is 35.1 Å². The summed E-state index contributed by atoms with van der Waals surface area (Å²) in [6.07, 6.45) is 0. The Bertz CT molecular complexity index is 717. The number of carbonyl (C=O) groups is 1. The van der Waals surface area contributed by atoms with E-state index in [0.29, 0.717) is 11.1 Å². The standard InChI is InChI=1S/C18H16FNO2/c1-3-22-18(21)17(13-9-7-12(2)8-10-13)14-5-4-6-16(19)15(14)11-20/h4-10,17H,3H2,1-2H3. The maximum atomic E-state index is 13.9. The van der Waals surface area contributed by atoms with Crippen LogP contribution in [0.3, 0.4) is 0 Å². The second kappa shape index (κ2) is 6.86. The predicted octanol–water partition coefficient (Wildman–Crippen LogP) is 3.70. The lowest BCUT2D eigenvalue weighted by Crippen LogP contribution is -2.18. The Balaban J connectivity index is 2.59. The molecule has 0 heterocycles. The summed E-state index contributed by atoms with van der Waals surface area (Å²) in [7, 11) is 0. The largest absolute Gasteiger partial charge is 0.465 e. The van der Waals surface area contributed by atoms with Crippen molar-refractivity contribution < 1.29 is 13.9 Å². The molecule has 0 saturated heterocycles. The van der Waals surface area contributed by atoms with Crippen molar-refractivity contribution in [2.75, 3.05) is 6.61 Å². The highest BCUT2D eigenvalue weighted by molar-refractivity contribution is 5.83. The maximum Gasteiger partial charge on any atom is 0.317 e. The zero-order valence-electron chi connectivity index (χ0n) is 12.5. The molecule has 2 rings (SSSR count). The van der Waals surface area contributed by atoms with E-state index in [1.807, 2.05) is 25.1 Å². The fourth-order valence-electron chi connectivity index (χ4n) is 2.33. The molecule has 0 radical (unpaired) electrons. The smallest absolute Gasteiger partial charge is 0.317 e. The number of nitriles is 1. The number of hydrogen-bond donors (Lipinski definition) is 0. The van der Waals surface area contributed by atoms with Crippen molar-refractivity contribution in [3.8, 4) is 6.07 Å². The van der Waals surface area contributed by atoms with Crippen LogP contribution >= 0.6 is 0 Å². The van der Waals surface area contributed by atoms with Gasteiger partial charge in [-0.1, -0.05) is 42.0 Å². The first kappa shape index (κ1) is 15.7. The number of hydrogen-bond acceptors (Lipinski definition) is 3. The summed E-state index contributed by atoms with van der Waals surface area (Å²) < 4.78 is 19.0. The van der Waals surface area contributed by atoms with Crippen molar-refractivity contribution in [3.05, 3.63) is 70.5 Å². The van der Waals surface area contributed by atoms with E-state index in [1.54, 1.807) is 25.1 Å². The van der Waals surface area contributed by atoms with E-state index < -0.39 is 17.7 Å². The van der Waals surface area contributed by atoms with Gasteiger partial charge in [0.2, 0.25) is 0 Å². The third-order valence-corrected chi connectivity index (χ3v) is 3.40. The number of halogens is 1. The Morgan fingerprint density at radius 1 is 1.27 bits per heavy atom. The summed E-state index contributed by atoms with van der Waals surface area (Å²) in [5.41, 5.74) is 1.92. The van der Waals surface area contributed by atoms with Gasteiger partial charge in [-0.25, -0.2) is 4.39 Å². The number of ether oxygens (including phenoxy) is 1. The van der Waals surface area contributed by atoms with Crippen LogP contribution < -0.4 is 0 Å². The summed E-state index contributed by atoms with van der Waals surface area (Å²) in [5, 5.41) is 9.21. The Morgan fingerprint density at radius 2 is 1.95 bits per heavy atom. The second-order valence-electron chi connectivity index (χ2n) is 4.91. The van der Waals surface area contributed by atoms with Crippen LogP contribution in [0.5, 0.6) is 0 Å². The number of carbonyl (C=O) groups excluding carboxylic acids is 1. The van der Waals surface area contributed by atoms with E-state index >= 15 is 0 Å². The Labute approximate surface area is 129 Å². The fourth-order valence-corrected chi connectivity index (χ4v) is 2.33. The van der Waals surface area contributed by atoms with Crippen LogP contribution in [-0.2, 0) is 9.53 Å². The third-order valence-electron chi connectivity index (χ3n) is 3.40. The Kier molecular flexibility index (Phi) is 4.90. The molecule has 0 fully saturated rings. The molecule has 4 heteroatoms. The molecule has 0 N–H and O–H groups in total. The van der Waals surface area contributed by atoms with Gasteiger partial charge in [-0.15, -0.1) is 0 Å². The molecule has 112 valence electrons. The molecule has 0 aliphatic rings. The van der Waals surface area contributed by atoms with Crippen molar-refractivity contribution in [3.63, 3.8) is 0 Å². The summed E-state index contributed by atoms with van der Waals surface area (Å²) in [4.78, 5) is 12.4. The van der Waals surface area contributed by atoms with Crippen LogP contribution in [0.2, 0.25) is 0 Å². The number of rotatable bonds is 4. The number of esters is 1. The van der Waals surface area contributed by atoms with Crippen molar-refractivity contribution in [2.24, 2.45) is 0 Å². The predicted molar refractivity (Wildman–Crippen MR) is 80.8 cm³/mol. The number of nitrogens with zero attached hydrogens (tertiary/aromatic N) is 1. The summed E-state index contributed by atoms with van der Waals surface area (Å²) in [6.45, 7) is 3.87. The lowest BCUT2D eigenvalue weighted by molar-refractivity contribution is -0.143. The summed E-state index contributed by atoms with van der Waals surface area (Å²) in [5.74, 6) is -1.94. The summed E-state index contributed by atoms with van der Waals surface area (Å²) >= 11 is 0. The van der Waals surface area contributed by atoms with Gasteiger partial charge in [-0.3, -0.25) is 4.79 Å². The molecule has 3 nitrogen and oxygen atoms in total. The molecule has 22 heavy (non-hydrogen) atoms. The highest BCUT2D eigenvalue weighted by atomic mass is 19.1. The van der Waals surface area contributed by atoms with E-state index in [9.17, 15) is 14.4 Å². The van der Waals surface area contributed by atoms with Gasteiger partial charge in [0.25, 0.3) is 0 Å². The van der Waals surface area contributed by atoms with E-state index in [1.165, 1.54) is 12.1 Å². The van der Waals surface area contributed by atoms with Crippen molar-refractivity contribution in [1.82, 2.24) is 0 Å². The van der Waals surface area contributed by atoms with Crippen LogP contribution in [0.4, 0.5) is 4.39 Å². The highest BCUT2D eigenvalue weighted by Crippen LogP contribution is 2.30. The molecule has 0 amide bonds. The Morgan fingerprint density at radius 3 is 2.55 bits per heavy atom. The molecular formula is C18H16FNO2. The van der Waals surface area contributed by atoms with Crippen molar-refractivity contribution >= 4 is 5.97 Å². The van der Waals surface area contributed by atoms with Gasteiger partial charge >= 0.3 is 5.97 Å². The summed E-state index contributed by atoms with van der Waals surface area (Å²) in [6, 6.07) is 13.5. The zero-order chi connectivity index (χ0) is 16.1. The first-order valence-corrected chi connectivity index (χ1v) is 7.00. The van der Waals surface area contributed by atoms with Crippen molar-refractivity contribution in [2.45, 2.75) is 19.8 Å². The van der Waals surface area contributed by atoms with E-state index in [4.69, 9.17) is 4.74 Å². The van der Waals surface area contributed by atoms with E-state index in [0.717, 1.165) is 5.56 Å². The minimum absolute atomic E-state index is 0.124. The third kappa shape index (κ3) is 3.15. The quantitative estimate of drug-likeness (QED) is 0.808. The van der Waals surface area contributed by atoms with Crippen LogP contribution in [0.15, 0.2) is 42.5 Å². The average Bonchev–Trinajstić information content (AvgIpc) is 2.50. The molecule has 0 bridgehead atoms. The molecule has 2 aromatic rings. The normalized spacial score (nSPS) is 11.5. The molecule has 1 unspecified atom stereocenters. The SMILES string of the molecule is CCOC(=O)C(c1ccc(C)cc1)c1cccc(F)c1C#N. The number of benzene rings is 2. The maximum absolute atomic E-state index is 13.9. The van der Waals surface area contributed by atoms with Crippen molar-refractivity contribution in [1.29, 1.82) is 5.26 Å². The van der Waals surface area contributed by atoms with Gasteiger partial charge in [0.05, 0.1) is 12.2 Å². The Hall–Kier alpha value is -2.67. The molecule has 0 aliphatic carbocycles. The monoisotopic (exact) mass is 297 g/mol. The lowest BCUT2D eigenvalue weighted by Gasteiger charge is -2.18. The molecule has 0 aliphatic heterocycles. The molecule has 1 atom stereocenters. The van der Waals surface area contributed by atoms with Gasteiger partial charge in [0, 0.05) is 0 Å². The second-order valence-corrected chi connectivity index (χ2v) is 4.91. The zero-order valence-corrected chi connectivity index (χ0v) is 12.5. The van der Waals surface area contributed by atoms with Gasteiger partial charge in [0.15, 0.2) is 0 Å². The number of aryl methyl sites for hydroxylation is 1. The minimum atomic E-state index is -0.814. The van der Waals surface area contributed by atoms with Gasteiger partial charge in [-0.05, 0) is 31.0 Å². The van der Waals surface area contributed by atoms with Gasteiger partial charge in [-0.2, -0.15) is 5.26 Å². The van der Waals surface area contributed by atoms with E-state index in [-0.39, 0.29) is 12.2 Å². The highest BCUT2D eigenvalue weighted by Gasteiger charge is 2.27. The minimum Gasteiger partial charge on any atom is -0.465 e. The first-order chi connectivity index (χ1) is 10.6. The van der Waals surface area contributed by atoms with Crippen LogP contribution in [-0.4, -0.2) is 12.6 Å².